The van der Waals surface area contributed by atoms with E-state index < -0.39 is 0 Å². The number of allylic oxidation sites excluding steroid dienone is 4. The molecule has 0 aromatic carbocycles. The molecule has 0 aliphatic carbocycles. The molecule has 0 heterocycles. The van der Waals surface area contributed by atoms with Crippen LogP contribution in [0.5, 0.6) is 0 Å². The van der Waals surface area contributed by atoms with Crippen LogP contribution in [0.15, 0.2) is 23.3 Å². The fourth-order valence-electron chi connectivity index (χ4n) is 1.47. The Labute approximate surface area is 97.6 Å². The van der Waals surface area contributed by atoms with Crippen molar-refractivity contribution in [2.24, 2.45) is 5.92 Å². The quantitative estimate of drug-likeness (QED) is 0.460. The maximum Gasteiger partial charge on any atom is 0.0214 e. The van der Waals surface area contributed by atoms with E-state index in [1.165, 1.54) is 24.8 Å². The Kier molecular flexibility index (Phi) is 8.26. The van der Waals surface area contributed by atoms with E-state index in [2.05, 4.69) is 55.8 Å². The third kappa shape index (κ3) is 8.55. The first-order valence-electron chi connectivity index (χ1n) is 5.43. The van der Waals surface area contributed by atoms with Gasteiger partial charge in [0.25, 0.3) is 0 Å². The SMILES string of the molecule is CC(C)=CCC/C(=C/CBr)CC(C)C. The van der Waals surface area contributed by atoms with Crippen molar-refractivity contribution in [2.45, 2.75) is 47.0 Å². The summed E-state index contributed by atoms with van der Waals surface area (Å²) in [7, 11) is 0. The minimum atomic E-state index is 0.770. The van der Waals surface area contributed by atoms with Crippen LogP contribution in [0.2, 0.25) is 0 Å². The zero-order chi connectivity index (χ0) is 11.0. The van der Waals surface area contributed by atoms with Crippen molar-refractivity contribution >= 4 is 15.9 Å². The maximum atomic E-state index is 3.47. The van der Waals surface area contributed by atoms with Gasteiger partial charge in [0.05, 0.1) is 0 Å². The van der Waals surface area contributed by atoms with Crippen LogP contribution < -0.4 is 0 Å². The average molecular weight is 259 g/mol. The van der Waals surface area contributed by atoms with Gasteiger partial charge in [-0.15, -0.1) is 0 Å². The van der Waals surface area contributed by atoms with Gasteiger partial charge in [-0.2, -0.15) is 0 Å². The van der Waals surface area contributed by atoms with Crippen molar-refractivity contribution < 1.29 is 0 Å². The van der Waals surface area contributed by atoms with E-state index in [0.717, 1.165) is 11.2 Å². The summed E-state index contributed by atoms with van der Waals surface area (Å²) in [5, 5.41) is 0.990. The second-order valence-electron chi connectivity index (χ2n) is 4.43. The second kappa shape index (κ2) is 8.28. The molecular weight excluding hydrogens is 236 g/mol. The first kappa shape index (κ1) is 14.0. The van der Waals surface area contributed by atoms with Gasteiger partial charge in [-0.3, -0.25) is 0 Å². The zero-order valence-corrected chi connectivity index (χ0v) is 11.5. The predicted octanol–water partition coefficient (Wildman–Crippen LogP) is 5.10. The fraction of sp³-hybridized carbons (Fsp3) is 0.692. The van der Waals surface area contributed by atoms with Crippen molar-refractivity contribution in [2.75, 3.05) is 5.33 Å². The van der Waals surface area contributed by atoms with Crippen LogP contribution in [0.3, 0.4) is 0 Å². The van der Waals surface area contributed by atoms with Crippen LogP contribution in [0.1, 0.15) is 47.0 Å². The van der Waals surface area contributed by atoms with Crippen LogP contribution in [0.4, 0.5) is 0 Å². The van der Waals surface area contributed by atoms with Gasteiger partial charge in [0.2, 0.25) is 0 Å². The number of hydrogen-bond acceptors (Lipinski definition) is 0. The Morgan fingerprint density at radius 3 is 2.29 bits per heavy atom. The van der Waals surface area contributed by atoms with Gasteiger partial charge in [0.15, 0.2) is 0 Å². The van der Waals surface area contributed by atoms with Crippen molar-refractivity contribution in [3.8, 4) is 0 Å². The molecule has 0 nitrogen and oxygen atoms in total. The topological polar surface area (TPSA) is 0 Å². The average Bonchev–Trinajstić information content (AvgIpc) is 2.02. The molecule has 0 unspecified atom stereocenters. The molecule has 82 valence electrons. The van der Waals surface area contributed by atoms with Crippen molar-refractivity contribution in [1.29, 1.82) is 0 Å². The van der Waals surface area contributed by atoms with E-state index in [1.54, 1.807) is 5.57 Å². The lowest BCUT2D eigenvalue weighted by Gasteiger charge is -2.08. The molecule has 1 heteroatoms. The number of hydrogen-bond donors (Lipinski definition) is 0. The molecule has 0 saturated carbocycles. The molecule has 0 spiro atoms. The van der Waals surface area contributed by atoms with E-state index in [0.29, 0.717) is 0 Å². The first-order valence-corrected chi connectivity index (χ1v) is 6.55. The van der Waals surface area contributed by atoms with Gasteiger partial charge < -0.3 is 0 Å². The normalized spacial score (nSPS) is 12.0. The van der Waals surface area contributed by atoms with Gasteiger partial charge in [-0.05, 0) is 39.0 Å². The summed E-state index contributed by atoms with van der Waals surface area (Å²) in [5.41, 5.74) is 3.02. The third-order valence-electron chi connectivity index (χ3n) is 2.05. The molecular formula is C13H23Br. The maximum absolute atomic E-state index is 3.47. The first-order chi connectivity index (χ1) is 6.56. The molecule has 0 fully saturated rings. The highest BCUT2D eigenvalue weighted by molar-refractivity contribution is 9.09. The Balaban J connectivity index is 3.98. The van der Waals surface area contributed by atoms with E-state index in [9.17, 15) is 0 Å². The molecule has 14 heavy (non-hydrogen) atoms. The Hall–Kier alpha value is -0.0400. The molecule has 0 saturated heterocycles. The van der Waals surface area contributed by atoms with Crippen molar-refractivity contribution in [1.82, 2.24) is 0 Å². The van der Waals surface area contributed by atoms with E-state index in [1.807, 2.05) is 0 Å². The molecule has 0 aliphatic heterocycles. The van der Waals surface area contributed by atoms with Gasteiger partial charge in [-0.25, -0.2) is 0 Å². The highest BCUT2D eigenvalue weighted by Gasteiger charge is 2.00. The molecule has 0 aromatic heterocycles. The van der Waals surface area contributed by atoms with Gasteiger partial charge in [-0.1, -0.05) is 53.1 Å². The molecule has 0 aliphatic rings. The smallest absolute Gasteiger partial charge is 0.0214 e. The van der Waals surface area contributed by atoms with Crippen LogP contribution in [0, 0.1) is 5.92 Å². The lowest BCUT2D eigenvalue weighted by Crippen LogP contribution is -1.92. The van der Waals surface area contributed by atoms with E-state index >= 15 is 0 Å². The molecule has 0 amide bonds. The highest BCUT2D eigenvalue weighted by Crippen LogP contribution is 2.17. The predicted molar refractivity (Wildman–Crippen MR) is 70.0 cm³/mol. The highest BCUT2D eigenvalue weighted by atomic mass is 79.9. The number of halogens is 1. The Bertz CT molecular complexity index is 195. The lowest BCUT2D eigenvalue weighted by atomic mass is 9.98. The standard InChI is InChI=1S/C13H23Br/c1-11(2)6-5-7-13(8-9-14)10-12(3)4/h6,8,12H,5,7,9-10H2,1-4H3/b13-8-. The minimum absolute atomic E-state index is 0.770. The summed E-state index contributed by atoms with van der Waals surface area (Å²) < 4.78 is 0. The van der Waals surface area contributed by atoms with E-state index in [-0.39, 0.29) is 0 Å². The number of alkyl halides is 1. The van der Waals surface area contributed by atoms with Crippen LogP contribution in [0.25, 0.3) is 0 Å². The second-order valence-corrected chi connectivity index (χ2v) is 5.08. The van der Waals surface area contributed by atoms with Crippen LogP contribution >= 0.6 is 15.9 Å². The zero-order valence-electron chi connectivity index (χ0n) is 9.94. The molecule has 0 aromatic rings. The third-order valence-corrected chi connectivity index (χ3v) is 2.38. The fourth-order valence-corrected chi connectivity index (χ4v) is 1.93. The summed E-state index contributed by atoms with van der Waals surface area (Å²) in [6.07, 6.45) is 8.28. The summed E-state index contributed by atoms with van der Waals surface area (Å²) in [6.45, 7) is 8.89. The van der Waals surface area contributed by atoms with E-state index in [4.69, 9.17) is 0 Å². The van der Waals surface area contributed by atoms with Gasteiger partial charge in [0.1, 0.15) is 0 Å². The van der Waals surface area contributed by atoms with Gasteiger partial charge >= 0.3 is 0 Å². The molecule has 0 N–H and O–H groups in total. The summed E-state index contributed by atoms with van der Waals surface area (Å²) in [6, 6.07) is 0. The van der Waals surface area contributed by atoms with Crippen LogP contribution in [-0.4, -0.2) is 5.33 Å². The largest absolute Gasteiger partial charge is 0.0883 e. The van der Waals surface area contributed by atoms with Gasteiger partial charge in [0, 0.05) is 5.33 Å². The lowest BCUT2D eigenvalue weighted by molar-refractivity contribution is 0.624. The number of rotatable bonds is 6. The summed E-state index contributed by atoms with van der Waals surface area (Å²) in [4.78, 5) is 0. The monoisotopic (exact) mass is 258 g/mol. The summed E-state index contributed by atoms with van der Waals surface area (Å²) in [5.74, 6) is 0.770. The molecule has 0 bridgehead atoms. The molecule has 0 rings (SSSR count). The Morgan fingerprint density at radius 1 is 1.21 bits per heavy atom. The summed E-state index contributed by atoms with van der Waals surface area (Å²) >= 11 is 3.47. The minimum Gasteiger partial charge on any atom is -0.0883 e. The van der Waals surface area contributed by atoms with Crippen molar-refractivity contribution in [3.63, 3.8) is 0 Å². The Morgan fingerprint density at radius 2 is 1.86 bits per heavy atom. The molecule has 0 atom stereocenters. The van der Waals surface area contributed by atoms with Crippen molar-refractivity contribution in [3.05, 3.63) is 23.3 Å². The molecule has 0 radical (unpaired) electrons. The van der Waals surface area contributed by atoms with Crippen LogP contribution in [-0.2, 0) is 0 Å².